The van der Waals surface area contributed by atoms with Gasteiger partial charge in [-0.2, -0.15) is 0 Å². The molecule has 1 aromatic carbocycles. The minimum absolute atomic E-state index is 0.480. The van der Waals surface area contributed by atoms with Gasteiger partial charge in [0.25, 0.3) is 0 Å². The summed E-state index contributed by atoms with van der Waals surface area (Å²) >= 11 is 0. The fraction of sp³-hybridized carbons (Fsp3) is 0.571. The summed E-state index contributed by atoms with van der Waals surface area (Å²) in [5.74, 6) is 0.765. The van der Waals surface area contributed by atoms with Gasteiger partial charge in [-0.3, -0.25) is 4.90 Å². The molecule has 1 aliphatic heterocycles. The van der Waals surface area contributed by atoms with Crippen LogP contribution >= 0.6 is 0 Å². The Morgan fingerprint density at radius 1 is 1.05 bits per heavy atom. The summed E-state index contributed by atoms with van der Waals surface area (Å²) in [6.45, 7) is 9.41. The summed E-state index contributed by atoms with van der Waals surface area (Å²) in [4.78, 5) is 4.87. The molecule has 20 heavy (non-hydrogen) atoms. The van der Waals surface area contributed by atoms with Gasteiger partial charge in [0.05, 0.1) is 0 Å². The van der Waals surface area contributed by atoms with Gasteiger partial charge in [0, 0.05) is 32.7 Å². The Morgan fingerprint density at radius 2 is 1.65 bits per heavy atom. The van der Waals surface area contributed by atoms with Crippen molar-refractivity contribution >= 4 is 12.6 Å². The fourth-order valence-corrected chi connectivity index (χ4v) is 2.36. The summed E-state index contributed by atoms with van der Waals surface area (Å²) in [6, 6.07) is 6.87. The van der Waals surface area contributed by atoms with Crippen LogP contribution in [-0.2, 0) is 0 Å². The van der Waals surface area contributed by atoms with Crippen LogP contribution in [0.2, 0.25) is 0 Å². The quantitative estimate of drug-likeness (QED) is 0.679. The topological polar surface area (TPSA) is 56.2 Å². The number of benzene rings is 1. The number of ether oxygens (including phenoxy) is 1. The highest BCUT2D eigenvalue weighted by Gasteiger charge is 2.15. The van der Waals surface area contributed by atoms with Crippen molar-refractivity contribution in [2.75, 3.05) is 45.9 Å². The highest BCUT2D eigenvalue weighted by molar-refractivity contribution is 6.58. The highest BCUT2D eigenvalue weighted by atomic mass is 16.5. The van der Waals surface area contributed by atoms with E-state index in [0.29, 0.717) is 12.1 Å². The number of hydrogen-bond donors (Lipinski definition) is 2. The van der Waals surface area contributed by atoms with E-state index < -0.39 is 7.12 Å². The molecule has 0 atom stereocenters. The van der Waals surface area contributed by atoms with Gasteiger partial charge in [0.2, 0.25) is 0 Å². The summed E-state index contributed by atoms with van der Waals surface area (Å²) < 4.78 is 5.68. The molecule has 110 valence electrons. The summed E-state index contributed by atoms with van der Waals surface area (Å²) in [5.41, 5.74) is 0.480. The van der Waals surface area contributed by atoms with Crippen LogP contribution in [0.1, 0.15) is 6.92 Å². The van der Waals surface area contributed by atoms with Crippen LogP contribution in [0.3, 0.4) is 0 Å². The molecule has 0 bridgehead atoms. The molecule has 0 aliphatic carbocycles. The van der Waals surface area contributed by atoms with E-state index in [1.54, 1.807) is 24.3 Å². The molecular formula is C14H23BN2O3. The van der Waals surface area contributed by atoms with E-state index in [-0.39, 0.29) is 0 Å². The predicted octanol–water partition coefficient (Wildman–Crippen LogP) is -0.617. The smallest absolute Gasteiger partial charge is 0.488 e. The molecule has 1 saturated heterocycles. The first-order valence-electron chi connectivity index (χ1n) is 7.22. The molecule has 0 aromatic heterocycles. The van der Waals surface area contributed by atoms with Crippen molar-refractivity contribution < 1.29 is 14.8 Å². The van der Waals surface area contributed by atoms with E-state index >= 15 is 0 Å². The standard InChI is InChI=1S/C14H23BN2O3/c1-2-16-7-9-17(10-8-16)11-12-20-14-5-3-13(4-6-14)15(18)19/h3-6,18-19H,2,7-12H2,1H3. The Labute approximate surface area is 120 Å². The molecule has 2 rings (SSSR count). The van der Waals surface area contributed by atoms with Crippen LogP contribution < -0.4 is 10.2 Å². The van der Waals surface area contributed by atoms with Crippen LogP contribution in [0.5, 0.6) is 5.75 Å². The van der Waals surface area contributed by atoms with Gasteiger partial charge in [-0.1, -0.05) is 19.1 Å². The van der Waals surface area contributed by atoms with Crippen LogP contribution in [0, 0.1) is 0 Å². The fourth-order valence-electron chi connectivity index (χ4n) is 2.36. The van der Waals surface area contributed by atoms with Gasteiger partial charge in [-0.05, 0) is 24.1 Å². The predicted molar refractivity (Wildman–Crippen MR) is 80.3 cm³/mol. The van der Waals surface area contributed by atoms with Gasteiger partial charge in [0.1, 0.15) is 12.4 Å². The van der Waals surface area contributed by atoms with E-state index in [9.17, 15) is 0 Å². The Hall–Kier alpha value is -1.08. The van der Waals surface area contributed by atoms with Crippen molar-refractivity contribution in [1.29, 1.82) is 0 Å². The molecule has 0 amide bonds. The molecule has 1 fully saturated rings. The van der Waals surface area contributed by atoms with E-state index in [1.165, 1.54) is 0 Å². The first kappa shape index (κ1) is 15.3. The second-order valence-electron chi connectivity index (χ2n) is 5.07. The maximum atomic E-state index is 9.01. The maximum Gasteiger partial charge on any atom is 0.488 e. The lowest BCUT2D eigenvalue weighted by Gasteiger charge is -2.33. The highest BCUT2D eigenvalue weighted by Crippen LogP contribution is 2.08. The Kier molecular flexibility index (Phi) is 5.85. The Balaban J connectivity index is 1.68. The zero-order chi connectivity index (χ0) is 14.4. The lowest BCUT2D eigenvalue weighted by Crippen LogP contribution is -2.47. The number of hydrogen-bond acceptors (Lipinski definition) is 5. The monoisotopic (exact) mass is 278 g/mol. The average Bonchev–Trinajstić information content (AvgIpc) is 2.48. The molecule has 0 spiro atoms. The molecule has 0 unspecified atom stereocenters. The summed E-state index contributed by atoms with van der Waals surface area (Å²) in [5, 5.41) is 18.0. The van der Waals surface area contributed by atoms with Crippen molar-refractivity contribution in [3.05, 3.63) is 24.3 Å². The Bertz CT molecular complexity index is 392. The minimum Gasteiger partial charge on any atom is -0.492 e. The Morgan fingerprint density at radius 3 is 2.20 bits per heavy atom. The number of nitrogens with zero attached hydrogens (tertiary/aromatic N) is 2. The molecule has 1 heterocycles. The molecular weight excluding hydrogens is 255 g/mol. The molecule has 1 aromatic rings. The van der Waals surface area contributed by atoms with Crippen LogP contribution in [0.25, 0.3) is 0 Å². The van der Waals surface area contributed by atoms with Gasteiger partial charge >= 0.3 is 7.12 Å². The first-order chi connectivity index (χ1) is 9.69. The van der Waals surface area contributed by atoms with Crippen LogP contribution in [-0.4, -0.2) is 72.8 Å². The third-order valence-electron chi connectivity index (χ3n) is 3.77. The van der Waals surface area contributed by atoms with Gasteiger partial charge in [0.15, 0.2) is 0 Å². The zero-order valence-corrected chi connectivity index (χ0v) is 12.0. The van der Waals surface area contributed by atoms with Crippen molar-refractivity contribution in [2.24, 2.45) is 0 Å². The number of piperazine rings is 1. The molecule has 2 N–H and O–H groups in total. The molecule has 0 radical (unpaired) electrons. The zero-order valence-electron chi connectivity index (χ0n) is 12.0. The second kappa shape index (κ2) is 7.64. The van der Waals surface area contributed by atoms with Gasteiger partial charge in [-0.25, -0.2) is 0 Å². The third kappa shape index (κ3) is 4.49. The van der Waals surface area contributed by atoms with E-state index in [1.807, 2.05) is 0 Å². The molecule has 6 heteroatoms. The number of likely N-dealkylation sites (N-methyl/N-ethyl adjacent to an activating group) is 1. The minimum atomic E-state index is -1.42. The van der Waals surface area contributed by atoms with Crippen molar-refractivity contribution in [1.82, 2.24) is 9.80 Å². The van der Waals surface area contributed by atoms with Gasteiger partial charge < -0.3 is 19.7 Å². The van der Waals surface area contributed by atoms with E-state index in [0.717, 1.165) is 45.0 Å². The molecule has 0 saturated carbocycles. The lowest BCUT2D eigenvalue weighted by atomic mass is 9.80. The van der Waals surface area contributed by atoms with E-state index in [4.69, 9.17) is 14.8 Å². The average molecular weight is 278 g/mol. The lowest BCUT2D eigenvalue weighted by molar-refractivity contribution is 0.121. The van der Waals surface area contributed by atoms with Gasteiger partial charge in [-0.15, -0.1) is 0 Å². The SMILES string of the molecule is CCN1CCN(CCOc2ccc(B(O)O)cc2)CC1. The first-order valence-corrected chi connectivity index (χ1v) is 7.22. The van der Waals surface area contributed by atoms with Crippen LogP contribution in [0.4, 0.5) is 0 Å². The third-order valence-corrected chi connectivity index (χ3v) is 3.77. The second-order valence-corrected chi connectivity index (χ2v) is 5.07. The van der Waals surface area contributed by atoms with Crippen molar-refractivity contribution in [2.45, 2.75) is 6.92 Å². The van der Waals surface area contributed by atoms with E-state index in [2.05, 4.69) is 16.7 Å². The largest absolute Gasteiger partial charge is 0.492 e. The molecule has 5 nitrogen and oxygen atoms in total. The van der Waals surface area contributed by atoms with Crippen molar-refractivity contribution in [3.8, 4) is 5.75 Å². The number of rotatable bonds is 6. The normalized spacial score (nSPS) is 17.1. The van der Waals surface area contributed by atoms with Crippen molar-refractivity contribution in [3.63, 3.8) is 0 Å². The summed E-state index contributed by atoms with van der Waals surface area (Å²) in [6.07, 6.45) is 0. The molecule has 1 aliphatic rings. The van der Waals surface area contributed by atoms with Crippen LogP contribution in [0.15, 0.2) is 24.3 Å². The summed E-state index contributed by atoms with van der Waals surface area (Å²) in [7, 11) is -1.42. The maximum absolute atomic E-state index is 9.01.